The molecule has 0 fully saturated rings. The Morgan fingerprint density at radius 3 is 1.74 bits per heavy atom. The van der Waals surface area contributed by atoms with Crippen LogP contribution in [-0.2, 0) is 29.9 Å². The molecule has 0 aliphatic carbocycles. The third-order valence-electron chi connectivity index (χ3n) is 4.69. The highest BCUT2D eigenvalue weighted by atomic mass is 32.2. The lowest BCUT2D eigenvalue weighted by atomic mass is 9.91. The highest BCUT2D eigenvalue weighted by Crippen LogP contribution is 2.52. The summed E-state index contributed by atoms with van der Waals surface area (Å²) in [5.41, 5.74) is -7.32. The fourth-order valence-electron chi connectivity index (χ4n) is 3.23. The van der Waals surface area contributed by atoms with E-state index in [9.17, 15) is 39.6 Å². The van der Waals surface area contributed by atoms with E-state index in [0.29, 0.717) is 16.4 Å². The first-order chi connectivity index (χ1) is 15.9. The number of ether oxygens (including phenoxy) is 2. The van der Waals surface area contributed by atoms with Gasteiger partial charge in [-0.25, -0.2) is 8.42 Å². The van der Waals surface area contributed by atoms with Gasteiger partial charge in [-0.05, 0) is 45.0 Å². The Labute approximate surface area is 198 Å². The summed E-state index contributed by atoms with van der Waals surface area (Å²) in [6.45, 7) is 3.72. The van der Waals surface area contributed by atoms with E-state index in [1.54, 1.807) is 0 Å². The zero-order valence-electron chi connectivity index (χ0n) is 19.1. The lowest BCUT2D eigenvalue weighted by Gasteiger charge is -2.36. The molecule has 0 amide bonds. The molecule has 0 saturated heterocycles. The van der Waals surface area contributed by atoms with Crippen LogP contribution in [0.1, 0.15) is 26.3 Å². The SMILES string of the molecule is COC(c1ccc(N(CC(=O)OC(C)(C)C)S(=O)(=O)c2ccccc2)cc1)(C(F)(F)F)C(F)(F)F. The molecule has 0 heterocycles. The van der Waals surface area contributed by atoms with Gasteiger partial charge in [-0.2, -0.15) is 26.3 Å². The number of hydrogen-bond donors (Lipinski definition) is 0. The molecule has 0 unspecified atom stereocenters. The van der Waals surface area contributed by atoms with E-state index in [4.69, 9.17) is 4.74 Å². The van der Waals surface area contributed by atoms with E-state index in [1.807, 2.05) is 0 Å². The first kappa shape index (κ1) is 28.4. The zero-order valence-corrected chi connectivity index (χ0v) is 19.9. The number of carbonyl (C=O) groups is 1. The van der Waals surface area contributed by atoms with Gasteiger partial charge in [-0.1, -0.05) is 30.3 Å². The van der Waals surface area contributed by atoms with Crippen molar-refractivity contribution in [3.63, 3.8) is 0 Å². The number of methoxy groups -OCH3 is 1. The molecule has 0 bridgehead atoms. The van der Waals surface area contributed by atoms with Crippen LogP contribution in [0.2, 0.25) is 0 Å². The molecule has 0 spiro atoms. The van der Waals surface area contributed by atoms with Crippen molar-refractivity contribution in [2.24, 2.45) is 0 Å². The highest BCUT2D eigenvalue weighted by molar-refractivity contribution is 7.92. The fraction of sp³-hybridized carbons (Fsp3) is 0.409. The van der Waals surface area contributed by atoms with Crippen LogP contribution in [0.5, 0.6) is 0 Å². The number of nitrogens with zero attached hydrogens (tertiary/aromatic N) is 1. The second kappa shape index (κ2) is 9.69. The highest BCUT2D eigenvalue weighted by Gasteiger charge is 2.73. The maximum Gasteiger partial charge on any atom is 0.430 e. The van der Waals surface area contributed by atoms with Gasteiger partial charge in [-0.15, -0.1) is 0 Å². The summed E-state index contributed by atoms with van der Waals surface area (Å²) < 4.78 is 117. The number of sulfonamides is 1. The first-order valence-corrected chi connectivity index (χ1v) is 11.4. The topological polar surface area (TPSA) is 72.9 Å². The van der Waals surface area contributed by atoms with Gasteiger partial charge in [0.05, 0.1) is 10.6 Å². The minimum atomic E-state index is -5.88. The third-order valence-corrected chi connectivity index (χ3v) is 6.48. The van der Waals surface area contributed by atoms with Crippen molar-refractivity contribution in [1.82, 2.24) is 0 Å². The summed E-state index contributed by atoms with van der Waals surface area (Å²) in [6, 6.07) is 9.12. The molecule has 2 rings (SSSR count). The molecule has 6 nitrogen and oxygen atoms in total. The summed E-state index contributed by atoms with van der Waals surface area (Å²) >= 11 is 0. The van der Waals surface area contributed by atoms with Crippen LogP contribution in [-0.4, -0.2) is 46.0 Å². The summed E-state index contributed by atoms with van der Waals surface area (Å²) in [4.78, 5) is 12.2. The molecular weight excluding hydrogens is 504 g/mol. The van der Waals surface area contributed by atoms with Gasteiger partial charge < -0.3 is 9.47 Å². The molecule has 35 heavy (non-hydrogen) atoms. The molecule has 0 aromatic heterocycles. The minimum Gasteiger partial charge on any atom is -0.459 e. The molecular formula is C22H23F6NO5S. The molecule has 13 heteroatoms. The molecule has 0 aliphatic heterocycles. The van der Waals surface area contributed by atoms with E-state index in [0.717, 1.165) is 12.1 Å². The fourth-order valence-corrected chi connectivity index (χ4v) is 4.66. The van der Waals surface area contributed by atoms with E-state index in [-0.39, 0.29) is 17.7 Å². The number of halogens is 6. The molecule has 0 atom stereocenters. The number of alkyl halides is 6. The second-order valence-corrected chi connectivity index (χ2v) is 10.2. The van der Waals surface area contributed by atoms with Crippen molar-refractivity contribution >= 4 is 21.7 Å². The van der Waals surface area contributed by atoms with Crippen LogP contribution in [0.4, 0.5) is 32.0 Å². The largest absolute Gasteiger partial charge is 0.459 e. The predicted molar refractivity (Wildman–Crippen MR) is 114 cm³/mol. The zero-order chi connectivity index (χ0) is 26.9. The summed E-state index contributed by atoms with van der Waals surface area (Å²) in [6.07, 6.45) is -11.8. The number of rotatable bonds is 7. The Balaban J connectivity index is 2.62. The lowest BCUT2D eigenvalue weighted by Crippen LogP contribution is -2.55. The number of hydrogen-bond acceptors (Lipinski definition) is 5. The summed E-state index contributed by atoms with van der Waals surface area (Å²) in [5.74, 6) is -0.988. The van der Waals surface area contributed by atoms with E-state index in [2.05, 4.69) is 4.74 Å². The van der Waals surface area contributed by atoms with Gasteiger partial charge >= 0.3 is 18.3 Å². The number of benzene rings is 2. The van der Waals surface area contributed by atoms with Crippen molar-refractivity contribution in [3.05, 3.63) is 60.2 Å². The summed E-state index contributed by atoms with van der Waals surface area (Å²) in [5, 5.41) is 0. The van der Waals surface area contributed by atoms with Crippen LogP contribution in [0, 0.1) is 0 Å². The van der Waals surface area contributed by atoms with Crippen molar-refractivity contribution in [3.8, 4) is 0 Å². The van der Waals surface area contributed by atoms with Crippen LogP contribution < -0.4 is 4.31 Å². The van der Waals surface area contributed by atoms with Crippen LogP contribution in [0.3, 0.4) is 0 Å². The molecule has 0 radical (unpaired) electrons. The number of esters is 1. The molecule has 0 N–H and O–H groups in total. The standard InChI is InChI=1S/C22H23F6NO5S/c1-19(2,3)34-18(30)14-29(35(31,32)17-8-6-5-7-9-17)16-12-10-15(11-13-16)20(33-4,21(23,24)25)22(26,27)28/h5-13H,14H2,1-4H3. The first-order valence-electron chi connectivity index (χ1n) is 9.95. The van der Waals surface area contributed by atoms with Gasteiger partial charge in [0, 0.05) is 12.7 Å². The van der Waals surface area contributed by atoms with Crippen LogP contribution in [0.15, 0.2) is 59.5 Å². The Bertz CT molecular complexity index is 1110. The molecule has 194 valence electrons. The Hall–Kier alpha value is -2.80. The van der Waals surface area contributed by atoms with Crippen molar-refractivity contribution in [2.45, 2.75) is 49.2 Å². The third kappa shape index (κ3) is 5.89. The van der Waals surface area contributed by atoms with Crippen LogP contribution in [0.25, 0.3) is 0 Å². The number of anilines is 1. The maximum atomic E-state index is 13.5. The van der Waals surface area contributed by atoms with Gasteiger partial charge in [0.25, 0.3) is 15.6 Å². The molecule has 0 saturated carbocycles. The molecule has 2 aromatic rings. The quantitative estimate of drug-likeness (QED) is 0.366. The second-order valence-electron chi connectivity index (χ2n) is 8.34. The van der Waals surface area contributed by atoms with Gasteiger partial charge in [0.1, 0.15) is 12.1 Å². The Morgan fingerprint density at radius 2 is 1.34 bits per heavy atom. The Morgan fingerprint density at radius 1 is 0.857 bits per heavy atom. The average molecular weight is 527 g/mol. The van der Waals surface area contributed by atoms with Gasteiger partial charge in [0.15, 0.2) is 0 Å². The number of carbonyl (C=O) groups excluding carboxylic acids is 1. The Kier molecular flexibility index (Phi) is 7.87. The van der Waals surface area contributed by atoms with Gasteiger partial charge in [-0.3, -0.25) is 9.10 Å². The minimum absolute atomic E-state index is 0.260. The lowest BCUT2D eigenvalue weighted by molar-refractivity contribution is -0.383. The summed E-state index contributed by atoms with van der Waals surface area (Å²) in [7, 11) is -4.19. The average Bonchev–Trinajstić information content (AvgIpc) is 2.71. The van der Waals surface area contributed by atoms with Crippen LogP contribution >= 0.6 is 0 Å². The van der Waals surface area contributed by atoms with E-state index in [1.165, 1.54) is 51.1 Å². The van der Waals surface area contributed by atoms with Crippen molar-refractivity contribution in [2.75, 3.05) is 18.0 Å². The maximum absolute atomic E-state index is 13.5. The van der Waals surface area contributed by atoms with E-state index < -0.39 is 51.7 Å². The monoisotopic (exact) mass is 527 g/mol. The van der Waals surface area contributed by atoms with Crippen molar-refractivity contribution < 1.29 is 49.0 Å². The van der Waals surface area contributed by atoms with Gasteiger partial charge in [0.2, 0.25) is 0 Å². The molecule has 2 aromatic carbocycles. The van der Waals surface area contributed by atoms with E-state index >= 15 is 0 Å². The normalized spacial score (nSPS) is 13.4. The predicted octanol–water partition coefficient (Wildman–Crippen LogP) is 5.19. The van der Waals surface area contributed by atoms with Crippen molar-refractivity contribution in [1.29, 1.82) is 0 Å². The molecule has 0 aliphatic rings. The smallest absolute Gasteiger partial charge is 0.430 e.